The second kappa shape index (κ2) is 8.13. The number of benzene rings is 2. The van der Waals surface area contributed by atoms with Crippen LogP contribution in [0.5, 0.6) is 5.75 Å². The summed E-state index contributed by atoms with van der Waals surface area (Å²) in [4.78, 5) is 12.3. The summed E-state index contributed by atoms with van der Waals surface area (Å²) in [6.07, 6.45) is 0. The van der Waals surface area contributed by atoms with Crippen molar-refractivity contribution in [2.24, 2.45) is 0 Å². The summed E-state index contributed by atoms with van der Waals surface area (Å²) in [6.45, 7) is 2.51. The molecule has 0 saturated carbocycles. The number of carbonyl (C=O) groups excluding carboxylic acids is 1. The second-order valence-electron chi connectivity index (χ2n) is 5.02. The molecule has 3 aromatic rings. The summed E-state index contributed by atoms with van der Waals surface area (Å²) in [6, 6.07) is 14.3. The summed E-state index contributed by atoms with van der Waals surface area (Å²) in [5, 5.41) is 12.8. The van der Waals surface area contributed by atoms with Gasteiger partial charge in [-0.3, -0.25) is 4.79 Å². The maximum atomic E-state index is 12.3. The average Bonchev–Trinajstić information content (AvgIpc) is 3.10. The van der Waals surface area contributed by atoms with Crippen molar-refractivity contribution in [2.75, 3.05) is 12.4 Å². The minimum absolute atomic E-state index is 0.00120. The van der Waals surface area contributed by atoms with Gasteiger partial charge in [0, 0.05) is 10.6 Å². The van der Waals surface area contributed by atoms with Crippen molar-refractivity contribution >= 4 is 29.1 Å². The molecule has 8 heteroatoms. The number of aromatic nitrogens is 4. The van der Waals surface area contributed by atoms with E-state index in [0.29, 0.717) is 22.3 Å². The Morgan fingerprint density at radius 1 is 1.16 bits per heavy atom. The van der Waals surface area contributed by atoms with Gasteiger partial charge in [-0.25, -0.2) is 0 Å². The Hall–Kier alpha value is -2.38. The molecule has 1 aromatic heterocycles. The highest BCUT2D eigenvalue weighted by Gasteiger charge is 2.13. The van der Waals surface area contributed by atoms with E-state index in [4.69, 9.17) is 16.3 Å². The van der Waals surface area contributed by atoms with E-state index >= 15 is 0 Å². The predicted octanol–water partition coefficient (Wildman–Crippen LogP) is 3.69. The molecule has 0 radical (unpaired) electrons. The Labute approximate surface area is 154 Å². The van der Waals surface area contributed by atoms with Gasteiger partial charge in [0.2, 0.25) is 5.16 Å². The van der Waals surface area contributed by atoms with Gasteiger partial charge in [-0.1, -0.05) is 23.4 Å². The molecule has 128 valence electrons. The van der Waals surface area contributed by atoms with Crippen LogP contribution in [0.1, 0.15) is 17.3 Å². The summed E-state index contributed by atoms with van der Waals surface area (Å²) >= 11 is 7.18. The first-order valence-electron chi connectivity index (χ1n) is 7.60. The van der Waals surface area contributed by atoms with Crippen LogP contribution in [0.15, 0.2) is 53.7 Å². The molecule has 1 heterocycles. The molecule has 6 nitrogen and oxygen atoms in total. The van der Waals surface area contributed by atoms with E-state index in [-0.39, 0.29) is 11.5 Å². The van der Waals surface area contributed by atoms with Crippen LogP contribution in [-0.2, 0) is 0 Å². The van der Waals surface area contributed by atoms with Gasteiger partial charge in [0.25, 0.3) is 0 Å². The first kappa shape index (κ1) is 17.4. The molecule has 0 unspecified atom stereocenters. The minimum atomic E-state index is -0.00120. The quantitative estimate of drug-likeness (QED) is 0.464. The van der Waals surface area contributed by atoms with Crippen molar-refractivity contribution in [1.29, 1.82) is 0 Å². The van der Waals surface area contributed by atoms with Crippen LogP contribution in [0.3, 0.4) is 0 Å². The van der Waals surface area contributed by atoms with Crippen molar-refractivity contribution in [3.8, 4) is 11.4 Å². The molecule has 2 aromatic carbocycles. The third-order valence-corrected chi connectivity index (χ3v) is 4.50. The third-order valence-electron chi connectivity index (χ3n) is 3.33. The van der Waals surface area contributed by atoms with Gasteiger partial charge in [0.05, 0.1) is 18.0 Å². The van der Waals surface area contributed by atoms with Gasteiger partial charge in [0.15, 0.2) is 5.78 Å². The van der Waals surface area contributed by atoms with Gasteiger partial charge in [-0.15, -0.1) is 5.10 Å². The molecule has 0 aliphatic carbocycles. The standard InChI is InChI=1S/C17H15ClN4O2S/c1-2-24-15-9-3-12(4-10-15)16(23)11-25-17-19-20-21-22(17)14-7-5-13(18)6-8-14/h3-10H,2,11H2,1H3. The van der Waals surface area contributed by atoms with E-state index in [0.717, 1.165) is 11.4 Å². The summed E-state index contributed by atoms with van der Waals surface area (Å²) in [5.41, 5.74) is 1.41. The molecule has 0 spiro atoms. The zero-order valence-corrected chi connectivity index (χ0v) is 15.0. The molecule has 0 bridgehead atoms. The van der Waals surface area contributed by atoms with Crippen LogP contribution in [0, 0.1) is 0 Å². The Morgan fingerprint density at radius 3 is 2.56 bits per heavy atom. The van der Waals surface area contributed by atoms with Crippen LogP contribution < -0.4 is 4.74 Å². The van der Waals surface area contributed by atoms with Crippen LogP contribution in [0.25, 0.3) is 5.69 Å². The SMILES string of the molecule is CCOc1ccc(C(=O)CSc2nnnn2-c2ccc(Cl)cc2)cc1. The molecular weight excluding hydrogens is 360 g/mol. The molecule has 25 heavy (non-hydrogen) atoms. The highest BCUT2D eigenvalue weighted by molar-refractivity contribution is 7.99. The number of hydrogen-bond acceptors (Lipinski definition) is 6. The largest absolute Gasteiger partial charge is 0.494 e. The van der Waals surface area contributed by atoms with E-state index in [1.807, 2.05) is 19.1 Å². The number of Topliss-reactive ketones (excluding diaryl/α,β-unsaturated/α-hetero) is 1. The molecule has 0 atom stereocenters. The number of halogens is 1. The zero-order chi connectivity index (χ0) is 17.6. The molecule has 0 aliphatic heterocycles. The fraction of sp³-hybridized carbons (Fsp3) is 0.176. The van der Waals surface area contributed by atoms with Crippen molar-refractivity contribution < 1.29 is 9.53 Å². The molecule has 0 amide bonds. The normalized spacial score (nSPS) is 10.6. The summed E-state index contributed by atoms with van der Waals surface area (Å²) < 4.78 is 6.95. The maximum absolute atomic E-state index is 12.3. The first-order valence-corrected chi connectivity index (χ1v) is 8.97. The van der Waals surface area contributed by atoms with E-state index in [9.17, 15) is 4.79 Å². The maximum Gasteiger partial charge on any atom is 0.214 e. The first-order chi connectivity index (χ1) is 12.2. The van der Waals surface area contributed by atoms with Crippen LogP contribution >= 0.6 is 23.4 Å². The van der Waals surface area contributed by atoms with E-state index in [1.165, 1.54) is 11.8 Å². The monoisotopic (exact) mass is 374 g/mol. The highest BCUT2D eigenvalue weighted by atomic mass is 35.5. The van der Waals surface area contributed by atoms with Crippen molar-refractivity contribution in [1.82, 2.24) is 20.2 Å². The average molecular weight is 375 g/mol. The van der Waals surface area contributed by atoms with E-state index < -0.39 is 0 Å². The number of hydrogen-bond donors (Lipinski definition) is 0. The van der Waals surface area contributed by atoms with Crippen LogP contribution in [-0.4, -0.2) is 38.4 Å². The minimum Gasteiger partial charge on any atom is -0.494 e. The summed E-state index contributed by atoms with van der Waals surface area (Å²) in [7, 11) is 0. The van der Waals surface area contributed by atoms with Crippen LogP contribution in [0.2, 0.25) is 5.02 Å². The smallest absolute Gasteiger partial charge is 0.214 e. The molecule has 0 aliphatic rings. The number of tetrazole rings is 1. The number of nitrogens with zero attached hydrogens (tertiary/aromatic N) is 4. The Kier molecular flexibility index (Phi) is 5.67. The number of ketones is 1. The lowest BCUT2D eigenvalue weighted by molar-refractivity contribution is 0.102. The fourth-order valence-corrected chi connectivity index (χ4v) is 3.04. The lowest BCUT2D eigenvalue weighted by Gasteiger charge is -2.05. The molecular formula is C17H15ClN4O2S. The van der Waals surface area contributed by atoms with Crippen LogP contribution in [0.4, 0.5) is 0 Å². The number of carbonyl (C=O) groups is 1. The van der Waals surface area contributed by atoms with Gasteiger partial charge < -0.3 is 4.74 Å². The number of ether oxygens (including phenoxy) is 1. The fourth-order valence-electron chi connectivity index (χ4n) is 2.13. The topological polar surface area (TPSA) is 69.9 Å². The molecule has 0 fully saturated rings. The number of thioether (sulfide) groups is 1. The molecule has 0 saturated heterocycles. The number of rotatable bonds is 7. The van der Waals surface area contributed by atoms with Crippen molar-refractivity contribution in [3.05, 3.63) is 59.1 Å². The lowest BCUT2D eigenvalue weighted by atomic mass is 10.1. The van der Waals surface area contributed by atoms with E-state index in [2.05, 4.69) is 15.5 Å². The highest BCUT2D eigenvalue weighted by Crippen LogP contribution is 2.21. The Balaban J connectivity index is 1.66. The lowest BCUT2D eigenvalue weighted by Crippen LogP contribution is -2.05. The van der Waals surface area contributed by atoms with Crippen molar-refractivity contribution in [2.45, 2.75) is 12.1 Å². The summed E-state index contributed by atoms with van der Waals surface area (Å²) in [5.74, 6) is 0.985. The zero-order valence-electron chi connectivity index (χ0n) is 13.4. The van der Waals surface area contributed by atoms with Gasteiger partial charge >= 0.3 is 0 Å². The second-order valence-corrected chi connectivity index (χ2v) is 6.40. The Bertz CT molecular complexity index is 850. The predicted molar refractivity (Wildman–Crippen MR) is 96.8 cm³/mol. The van der Waals surface area contributed by atoms with Gasteiger partial charge in [0.1, 0.15) is 5.75 Å². The molecule has 3 rings (SSSR count). The Morgan fingerprint density at radius 2 is 1.88 bits per heavy atom. The van der Waals surface area contributed by atoms with Gasteiger partial charge in [-0.2, -0.15) is 4.68 Å². The van der Waals surface area contributed by atoms with Crippen molar-refractivity contribution in [3.63, 3.8) is 0 Å². The third kappa shape index (κ3) is 4.37. The van der Waals surface area contributed by atoms with E-state index in [1.54, 1.807) is 41.1 Å². The van der Waals surface area contributed by atoms with Gasteiger partial charge in [-0.05, 0) is 65.9 Å². The molecule has 0 N–H and O–H groups in total.